The Morgan fingerprint density at radius 3 is 2.27 bits per heavy atom. The highest BCUT2D eigenvalue weighted by Crippen LogP contribution is 2.36. The molecule has 1 heterocycles. The zero-order chi connectivity index (χ0) is 7.84. The number of piperidine rings is 1. The maximum absolute atomic E-state index is 10.6. The molecule has 2 unspecified atom stereocenters. The summed E-state index contributed by atoms with van der Waals surface area (Å²) in [6, 6.07) is 0. The van der Waals surface area contributed by atoms with Crippen LogP contribution in [0, 0.1) is 11.8 Å². The quantitative estimate of drug-likeness (QED) is 0.574. The number of hydrogen-bond donors (Lipinski definition) is 1. The summed E-state index contributed by atoms with van der Waals surface area (Å²) in [7, 11) is 0. The van der Waals surface area contributed by atoms with E-state index in [2.05, 4.69) is 0 Å². The molecule has 0 aromatic heterocycles. The fraction of sp³-hybridized carbons (Fsp3) is 0.875. The summed E-state index contributed by atoms with van der Waals surface area (Å²) in [5.41, 5.74) is 0. The Morgan fingerprint density at radius 2 is 1.82 bits per heavy atom. The van der Waals surface area contributed by atoms with Crippen molar-refractivity contribution in [2.75, 3.05) is 13.1 Å². The number of nitrogens with zero attached hydrogens (tertiary/aromatic N) is 1. The first kappa shape index (κ1) is 6.95. The molecule has 2 atom stereocenters. The Bertz CT molecular complexity index is 169. The van der Waals surface area contributed by atoms with Gasteiger partial charge >= 0.3 is 6.09 Å². The third-order valence-corrected chi connectivity index (χ3v) is 2.88. The van der Waals surface area contributed by atoms with Gasteiger partial charge in [0.2, 0.25) is 0 Å². The van der Waals surface area contributed by atoms with Crippen LogP contribution in [0.3, 0.4) is 0 Å². The molecular weight excluding hydrogens is 142 g/mol. The van der Waals surface area contributed by atoms with Gasteiger partial charge in [0, 0.05) is 13.1 Å². The molecule has 0 aromatic rings. The standard InChI is InChI=1S/C8H13NO2/c10-8(11)9-4-6-1-2-7(3-6)5-9/h6-7H,1-5H2,(H,10,11). The molecule has 3 heteroatoms. The lowest BCUT2D eigenvalue weighted by Gasteiger charge is -2.29. The molecule has 3 nitrogen and oxygen atoms in total. The first-order valence-corrected chi connectivity index (χ1v) is 4.23. The van der Waals surface area contributed by atoms with Gasteiger partial charge < -0.3 is 10.0 Å². The molecule has 1 N–H and O–H groups in total. The molecule has 2 bridgehead atoms. The van der Waals surface area contributed by atoms with Crippen molar-refractivity contribution in [3.63, 3.8) is 0 Å². The van der Waals surface area contributed by atoms with E-state index in [1.54, 1.807) is 4.90 Å². The van der Waals surface area contributed by atoms with Crippen molar-refractivity contribution in [2.45, 2.75) is 19.3 Å². The lowest BCUT2D eigenvalue weighted by molar-refractivity contribution is 0.117. The fourth-order valence-corrected chi connectivity index (χ4v) is 2.36. The van der Waals surface area contributed by atoms with Crippen molar-refractivity contribution in [1.82, 2.24) is 4.90 Å². The minimum absolute atomic E-state index is 0.671. The summed E-state index contributed by atoms with van der Waals surface area (Å²) in [6.45, 7) is 1.57. The Kier molecular flexibility index (Phi) is 1.51. The van der Waals surface area contributed by atoms with Crippen LogP contribution in [0.4, 0.5) is 4.79 Å². The highest BCUT2D eigenvalue weighted by atomic mass is 16.4. The third-order valence-electron chi connectivity index (χ3n) is 2.88. The number of carbonyl (C=O) groups is 1. The van der Waals surface area contributed by atoms with Crippen molar-refractivity contribution < 1.29 is 9.90 Å². The molecule has 11 heavy (non-hydrogen) atoms. The SMILES string of the molecule is O=C(O)N1CC2CCC(C2)C1. The average Bonchev–Trinajstić information content (AvgIpc) is 2.30. The van der Waals surface area contributed by atoms with Gasteiger partial charge in [0.05, 0.1) is 0 Å². The first-order chi connectivity index (χ1) is 5.25. The van der Waals surface area contributed by atoms with Crippen LogP contribution in [0.2, 0.25) is 0 Å². The fourth-order valence-electron chi connectivity index (χ4n) is 2.36. The topological polar surface area (TPSA) is 40.5 Å². The molecule has 0 spiro atoms. The summed E-state index contributed by atoms with van der Waals surface area (Å²) in [5, 5.41) is 8.73. The normalized spacial score (nSPS) is 35.8. The monoisotopic (exact) mass is 155 g/mol. The minimum Gasteiger partial charge on any atom is -0.465 e. The number of amides is 1. The molecule has 1 aliphatic heterocycles. The number of fused-ring (bicyclic) bond motifs is 2. The van der Waals surface area contributed by atoms with E-state index in [0.29, 0.717) is 11.8 Å². The maximum atomic E-state index is 10.6. The molecule has 1 aliphatic carbocycles. The Morgan fingerprint density at radius 1 is 1.27 bits per heavy atom. The van der Waals surface area contributed by atoms with Crippen molar-refractivity contribution in [3.8, 4) is 0 Å². The minimum atomic E-state index is -0.735. The van der Waals surface area contributed by atoms with E-state index < -0.39 is 6.09 Å². The second-order valence-corrected chi connectivity index (χ2v) is 3.73. The van der Waals surface area contributed by atoms with E-state index in [1.165, 1.54) is 19.3 Å². The molecule has 2 aliphatic rings. The van der Waals surface area contributed by atoms with Gasteiger partial charge in [-0.05, 0) is 31.1 Å². The molecular formula is C8H13NO2. The highest BCUT2D eigenvalue weighted by molar-refractivity contribution is 5.65. The molecule has 1 amide bonds. The predicted molar refractivity (Wildman–Crippen MR) is 40.4 cm³/mol. The van der Waals surface area contributed by atoms with E-state index >= 15 is 0 Å². The number of carboxylic acid groups (broad SMARTS) is 1. The summed E-state index contributed by atoms with van der Waals surface area (Å²) in [6.07, 6.45) is 3.02. The maximum Gasteiger partial charge on any atom is 0.407 e. The summed E-state index contributed by atoms with van der Waals surface area (Å²) >= 11 is 0. The zero-order valence-electron chi connectivity index (χ0n) is 6.49. The van der Waals surface area contributed by atoms with Gasteiger partial charge in [0.15, 0.2) is 0 Å². The summed E-state index contributed by atoms with van der Waals surface area (Å²) in [4.78, 5) is 12.2. The van der Waals surface area contributed by atoms with Crippen LogP contribution in [-0.2, 0) is 0 Å². The molecule has 1 saturated carbocycles. The third kappa shape index (κ3) is 1.19. The van der Waals surface area contributed by atoms with Crippen molar-refractivity contribution >= 4 is 6.09 Å². The van der Waals surface area contributed by atoms with Crippen molar-refractivity contribution in [2.24, 2.45) is 11.8 Å². The van der Waals surface area contributed by atoms with Gasteiger partial charge in [0.25, 0.3) is 0 Å². The van der Waals surface area contributed by atoms with Gasteiger partial charge in [-0.25, -0.2) is 4.79 Å². The van der Waals surface area contributed by atoms with Crippen LogP contribution in [0.15, 0.2) is 0 Å². The molecule has 0 radical (unpaired) electrons. The van der Waals surface area contributed by atoms with Crippen LogP contribution in [-0.4, -0.2) is 29.2 Å². The number of rotatable bonds is 0. The van der Waals surface area contributed by atoms with Crippen LogP contribution < -0.4 is 0 Å². The molecule has 2 rings (SSSR count). The molecule has 1 saturated heterocycles. The van der Waals surface area contributed by atoms with E-state index in [0.717, 1.165) is 13.1 Å². The number of hydrogen-bond acceptors (Lipinski definition) is 1. The van der Waals surface area contributed by atoms with E-state index in [1.807, 2.05) is 0 Å². The lowest BCUT2D eigenvalue weighted by atomic mass is 9.99. The average molecular weight is 155 g/mol. The second kappa shape index (κ2) is 2.40. The Balaban J connectivity index is 2.02. The van der Waals surface area contributed by atoms with E-state index in [-0.39, 0.29) is 0 Å². The predicted octanol–water partition coefficient (Wildman–Crippen LogP) is 1.40. The van der Waals surface area contributed by atoms with Crippen LogP contribution in [0.1, 0.15) is 19.3 Å². The first-order valence-electron chi connectivity index (χ1n) is 4.23. The Labute approximate surface area is 66.0 Å². The van der Waals surface area contributed by atoms with Crippen molar-refractivity contribution in [3.05, 3.63) is 0 Å². The van der Waals surface area contributed by atoms with Crippen LogP contribution >= 0.6 is 0 Å². The zero-order valence-corrected chi connectivity index (χ0v) is 6.49. The van der Waals surface area contributed by atoms with Gasteiger partial charge in [0.1, 0.15) is 0 Å². The Hall–Kier alpha value is -0.730. The largest absolute Gasteiger partial charge is 0.465 e. The molecule has 2 fully saturated rings. The van der Waals surface area contributed by atoms with Crippen LogP contribution in [0.5, 0.6) is 0 Å². The molecule has 0 aromatic carbocycles. The summed E-state index contributed by atoms with van der Waals surface area (Å²) in [5.74, 6) is 1.34. The van der Waals surface area contributed by atoms with E-state index in [9.17, 15) is 4.79 Å². The lowest BCUT2D eigenvalue weighted by Crippen LogP contribution is -2.39. The number of likely N-dealkylation sites (tertiary alicyclic amines) is 1. The molecule has 62 valence electrons. The smallest absolute Gasteiger partial charge is 0.407 e. The van der Waals surface area contributed by atoms with Crippen LogP contribution in [0.25, 0.3) is 0 Å². The van der Waals surface area contributed by atoms with Gasteiger partial charge in [-0.15, -0.1) is 0 Å². The van der Waals surface area contributed by atoms with Gasteiger partial charge in [-0.2, -0.15) is 0 Å². The highest BCUT2D eigenvalue weighted by Gasteiger charge is 2.34. The van der Waals surface area contributed by atoms with Gasteiger partial charge in [-0.1, -0.05) is 0 Å². The second-order valence-electron chi connectivity index (χ2n) is 3.73. The summed E-state index contributed by atoms with van der Waals surface area (Å²) < 4.78 is 0. The van der Waals surface area contributed by atoms with Gasteiger partial charge in [-0.3, -0.25) is 0 Å². The van der Waals surface area contributed by atoms with E-state index in [4.69, 9.17) is 5.11 Å². The van der Waals surface area contributed by atoms with Crippen molar-refractivity contribution in [1.29, 1.82) is 0 Å².